The molecule has 2 aliphatic rings. The summed E-state index contributed by atoms with van der Waals surface area (Å²) in [5, 5.41) is 15.4. The molecule has 8 nitrogen and oxygen atoms in total. The van der Waals surface area contributed by atoms with Crippen LogP contribution in [0.5, 0.6) is 23.0 Å². The number of ether oxygens (including phenoxy) is 2. The molecule has 14 heteroatoms. The van der Waals surface area contributed by atoms with E-state index >= 15 is 0 Å². The van der Waals surface area contributed by atoms with E-state index in [2.05, 4.69) is 275 Å². The van der Waals surface area contributed by atoms with Gasteiger partial charge in [0, 0.05) is 99.5 Å². The Labute approximate surface area is 651 Å². The molecule has 0 bridgehead atoms. The zero-order valence-corrected chi connectivity index (χ0v) is 63.2. The van der Waals surface area contributed by atoms with Crippen molar-refractivity contribution in [2.24, 2.45) is 0 Å². The van der Waals surface area contributed by atoms with Gasteiger partial charge in [0.2, 0.25) is 0 Å². The van der Waals surface area contributed by atoms with E-state index < -0.39 is 16.1 Å². The smallest absolute Gasteiger partial charge is 0.503 e. The first kappa shape index (κ1) is 67.8. The minimum Gasteiger partial charge on any atom is -0.503 e. The van der Waals surface area contributed by atoms with Crippen molar-refractivity contribution in [1.29, 1.82) is 0 Å². The molecule has 0 amide bonds. The van der Waals surface area contributed by atoms with Gasteiger partial charge in [-0.1, -0.05) is 224 Å². The second-order valence-electron chi connectivity index (χ2n) is 25.6. The molecule has 508 valence electrons. The Bertz CT molecular complexity index is 6160. The van der Waals surface area contributed by atoms with E-state index in [0.717, 1.165) is 56.9 Å². The van der Waals surface area contributed by atoms with Crippen molar-refractivity contribution in [3.8, 4) is 45.5 Å². The van der Waals surface area contributed by atoms with Gasteiger partial charge in [-0.25, -0.2) is 9.97 Å². The van der Waals surface area contributed by atoms with E-state index in [1.165, 1.54) is 81.8 Å². The number of anilines is 6. The number of benzene rings is 12. The van der Waals surface area contributed by atoms with Crippen molar-refractivity contribution >= 4 is 155 Å². The third-order valence-corrected chi connectivity index (χ3v) is 31.6. The maximum atomic E-state index is 6.47. The molecule has 0 saturated carbocycles. The van der Waals surface area contributed by atoms with Crippen molar-refractivity contribution in [1.82, 2.24) is 19.9 Å². The minimum absolute atomic E-state index is 0. The molecule has 6 aromatic heterocycles. The van der Waals surface area contributed by atoms with Crippen LogP contribution in [0.25, 0.3) is 62.9 Å². The van der Waals surface area contributed by atoms with Crippen LogP contribution in [0.3, 0.4) is 0 Å². The Morgan fingerprint density at radius 3 is 1.08 bits per heavy atom. The van der Waals surface area contributed by atoms with Gasteiger partial charge in [-0.2, -0.15) is 12.1 Å². The summed E-state index contributed by atoms with van der Waals surface area (Å²) < 4.78 is 18.0. The molecular formula is C92H58N6O2Pd2S2Si2. The van der Waals surface area contributed by atoms with Gasteiger partial charge in [-0.15, -0.1) is 107 Å². The first-order valence-electron chi connectivity index (χ1n) is 34.5. The SMILES string of the molecule is [Pd+2].[Pd+2].[c-]1c(Oc2[c-]c(N3c4cc5c(cc4[Si](c4ccccc4)(c4ccccc4)c4cccnc43)sc3ccccc35)ccc2)cccc1-c1ccccn1.[c-]1c(Oc2[c-]c(N3c4cc5sc6ccccc6c5cc4[Si](c4ccccc4)(c4ccccc4)c4cccnc43)ccc2)cccc1-c1ccccn1. The van der Waals surface area contributed by atoms with Crippen LogP contribution in [0.2, 0.25) is 0 Å². The van der Waals surface area contributed by atoms with Crippen molar-refractivity contribution in [2.75, 3.05) is 9.80 Å². The van der Waals surface area contributed by atoms with Crippen molar-refractivity contribution in [3.05, 3.63) is 377 Å². The number of fused-ring (bicyclic) bond motifs is 10. The molecule has 0 saturated heterocycles. The third kappa shape index (κ3) is 11.8. The quantitative estimate of drug-likeness (QED) is 0.0885. The standard InChI is InChI=1S/2C46H29N3OSSi.2Pd/c1-3-18-36(19-4-1)52(37-20-5-2-6-21-37)44-25-13-27-48-46(44)49(41-31-43-39(30-45(41)52)38-22-7-8-24-42(38)51-43)33-15-12-17-35(29-33)50-34-16-11-14-32(28-34)40-23-9-10-26-47-40;1-3-18-36(19-4-1)52(37-20-5-2-6-21-37)44-25-13-27-48-46(44)49(41-30-39-38-22-7-8-24-42(38)51-43(39)31-45(41)52)33-15-12-17-35(29-33)50-34-16-11-14-32(28-34)40-23-9-10-26-47-40;;/h2*1-27,30-31H;;/q2*-2;2*+2. The molecule has 20 rings (SSSR count). The third-order valence-electron chi connectivity index (χ3n) is 19.8. The summed E-state index contributed by atoms with van der Waals surface area (Å²) in [4.78, 5) is 24.0. The Hall–Kier alpha value is -11.4. The summed E-state index contributed by atoms with van der Waals surface area (Å²) in [6.07, 6.45) is 7.39. The molecule has 2 aliphatic heterocycles. The Morgan fingerprint density at radius 2 is 0.642 bits per heavy atom. The minimum atomic E-state index is -2.90. The molecule has 106 heavy (non-hydrogen) atoms. The molecule has 8 heterocycles. The van der Waals surface area contributed by atoms with Crippen molar-refractivity contribution in [2.45, 2.75) is 0 Å². The summed E-state index contributed by atoms with van der Waals surface area (Å²) in [5.74, 6) is 4.19. The fraction of sp³-hybridized carbons (Fsp3) is 0. The van der Waals surface area contributed by atoms with E-state index in [9.17, 15) is 0 Å². The zero-order chi connectivity index (χ0) is 69.0. The fourth-order valence-corrected chi connectivity index (χ4v) is 27.8. The molecule has 0 radical (unpaired) electrons. The van der Waals surface area contributed by atoms with Crippen LogP contribution in [-0.4, -0.2) is 36.1 Å². The number of hydrogen-bond acceptors (Lipinski definition) is 10. The normalized spacial score (nSPS) is 12.9. The van der Waals surface area contributed by atoms with Crippen molar-refractivity contribution < 1.29 is 50.3 Å². The van der Waals surface area contributed by atoms with Gasteiger partial charge in [0.25, 0.3) is 0 Å². The van der Waals surface area contributed by atoms with Crippen LogP contribution in [0.4, 0.5) is 34.4 Å². The average Bonchev–Trinajstić information content (AvgIpc) is 1.04. The zero-order valence-electron chi connectivity index (χ0n) is 56.4. The van der Waals surface area contributed by atoms with Crippen LogP contribution in [0.1, 0.15) is 0 Å². The molecule has 0 N–H and O–H groups in total. The number of aromatic nitrogens is 4. The monoisotopic (exact) mass is 1610 g/mol. The van der Waals surface area contributed by atoms with Gasteiger partial charge in [-0.3, -0.25) is 0 Å². The van der Waals surface area contributed by atoms with Crippen LogP contribution in [0, 0.1) is 24.3 Å². The molecule has 0 aliphatic carbocycles. The van der Waals surface area contributed by atoms with Crippen LogP contribution in [-0.2, 0) is 40.8 Å². The predicted octanol–water partition coefficient (Wildman–Crippen LogP) is 18.1. The van der Waals surface area contributed by atoms with Crippen LogP contribution >= 0.6 is 22.7 Å². The Balaban J connectivity index is 0.000000153. The second-order valence-corrected chi connectivity index (χ2v) is 35.2. The van der Waals surface area contributed by atoms with Gasteiger partial charge >= 0.3 is 40.8 Å². The summed E-state index contributed by atoms with van der Waals surface area (Å²) in [6, 6.07) is 130. The molecule has 0 unspecified atom stereocenters. The van der Waals surface area contributed by atoms with Crippen LogP contribution in [0.15, 0.2) is 352 Å². The molecular weight excluding hydrogens is 1550 g/mol. The summed E-state index contributed by atoms with van der Waals surface area (Å²) in [7, 11) is -5.78. The molecule has 12 aromatic carbocycles. The summed E-state index contributed by atoms with van der Waals surface area (Å²) in [6.45, 7) is 0. The van der Waals surface area contributed by atoms with Gasteiger partial charge in [0.1, 0.15) is 11.6 Å². The largest absolute Gasteiger partial charge is 2.00 e. The molecule has 0 spiro atoms. The van der Waals surface area contributed by atoms with E-state index in [-0.39, 0.29) is 40.8 Å². The number of thiophene rings is 2. The number of rotatable bonds is 12. The van der Waals surface area contributed by atoms with E-state index in [1.807, 2.05) is 132 Å². The number of hydrogen-bond donors (Lipinski definition) is 0. The summed E-state index contributed by atoms with van der Waals surface area (Å²) >= 11 is 3.69. The van der Waals surface area contributed by atoms with Gasteiger partial charge < -0.3 is 29.2 Å². The topological polar surface area (TPSA) is 76.5 Å². The van der Waals surface area contributed by atoms with E-state index in [1.54, 1.807) is 12.4 Å². The molecule has 18 aromatic rings. The van der Waals surface area contributed by atoms with Crippen molar-refractivity contribution in [3.63, 3.8) is 0 Å². The number of nitrogens with zero attached hydrogens (tertiary/aromatic N) is 6. The summed E-state index contributed by atoms with van der Waals surface area (Å²) in [5.41, 5.74) is 7.34. The Morgan fingerprint density at radius 1 is 0.274 bits per heavy atom. The second kappa shape index (κ2) is 28.9. The van der Waals surface area contributed by atoms with Gasteiger partial charge in [0.05, 0.1) is 0 Å². The molecule has 0 fully saturated rings. The van der Waals surface area contributed by atoms with Crippen LogP contribution < -0.4 is 60.8 Å². The van der Waals surface area contributed by atoms with E-state index in [4.69, 9.17) is 19.4 Å². The molecule has 0 atom stereocenters. The fourth-order valence-electron chi connectivity index (χ4n) is 15.4. The maximum absolute atomic E-state index is 6.47. The maximum Gasteiger partial charge on any atom is 2.00 e. The average molecular weight is 1610 g/mol. The van der Waals surface area contributed by atoms with Gasteiger partial charge in [-0.05, 0) is 107 Å². The van der Waals surface area contributed by atoms with E-state index in [0.29, 0.717) is 23.0 Å². The predicted molar refractivity (Wildman–Crippen MR) is 433 cm³/mol. The van der Waals surface area contributed by atoms with Gasteiger partial charge in [0.15, 0.2) is 16.1 Å². The first-order valence-corrected chi connectivity index (χ1v) is 40.1. The number of pyridine rings is 4. The first-order chi connectivity index (χ1) is 51.5. The Kier molecular flexibility index (Phi) is 18.5.